The highest BCUT2D eigenvalue weighted by molar-refractivity contribution is 5.88. The van der Waals surface area contributed by atoms with Gasteiger partial charge in [-0.1, -0.05) is 19.3 Å². The molecule has 0 aromatic carbocycles. The number of halogens is 1. The van der Waals surface area contributed by atoms with Gasteiger partial charge in [0.05, 0.1) is 12.7 Å². The first kappa shape index (κ1) is 19.4. The standard InChI is InChI=1S/C15H25N5O2.ClH/c1-16-14(11-8-18-20(2)10-11)15(22)17-9-13(21)19-12-6-4-3-5-7-12;/h8,10,12,14,16H,3-7,9H2,1-2H3,(H,17,22)(H,19,21);1H. The van der Waals surface area contributed by atoms with E-state index in [-0.39, 0.29) is 36.8 Å². The number of rotatable bonds is 6. The van der Waals surface area contributed by atoms with Gasteiger partial charge in [-0.3, -0.25) is 14.3 Å². The van der Waals surface area contributed by atoms with Crippen LogP contribution < -0.4 is 16.0 Å². The van der Waals surface area contributed by atoms with Crippen molar-refractivity contribution in [1.82, 2.24) is 25.7 Å². The Labute approximate surface area is 143 Å². The molecule has 0 bridgehead atoms. The van der Waals surface area contributed by atoms with Crippen molar-refractivity contribution in [3.63, 3.8) is 0 Å². The summed E-state index contributed by atoms with van der Waals surface area (Å²) in [7, 11) is 3.51. The number of nitrogens with one attached hydrogen (secondary N) is 3. The molecule has 1 fully saturated rings. The Kier molecular flexibility index (Phi) is 8.05. The average Bonchev–Trinajstić information content (AvgIpc) is 2.93. The fourth-order valence-corrected chi connectivity index (χ4v) is 2.83. The van der Waals surface area contributed by atoms with Crippen LogP contribution in [0.1, 0.15) is 43.7 Å². The van der Waals surface area contributed by atoms with Crippen molar-refractivity contribution in [3.05, 3.63) is 18.0 Å². The van der Waals surface area contributed by atoms with Crippen LogP contribution in [0.4, 0.5) is 0 Å². The Bertz CT molecular complexity index is 514. The van der Waals surface area contributed by atoms with Crippen molar-refractivity contribution >= 4 is 24.2 Å². The van der Waals surface area contributed by atoms with Crippen LogP contribution in [0.15, 0.2) is 12.4 Å². The van der Waals surface area contributed by atoms with Gasteiger partial charge < -0.3 is 16.0 Å². The molecule has 1 aliphatic rings. The minimum Gasteiger partial charge on any atom is -0.352 e. The Hall–Kier alpha value is -1.60. The van der Waals surface area contributed by atoms with E-state index in [1.54, 1.807) is 31.2 Å². The molecule has 0 saturated heterocycles. The van der Waals surface area contributed by atoms with Crippen LogP contribution in [0.2, 0.25) is 0 Å². The molecule has 3 N–H and O–H groups in total. The minimum absolute atomic E-state index is 0. The molecule has 2 amide bonds. The van der Waals surface area contributed by atoms with E-state index in [9.17, 15) is 9.59 Å². The third-order valence-electron chi connectivity index (χ3n) is 4.00. The summed E-state index contributed by atoms with van der Waals surface area (Å²) in [5.41, 5.74) is 0.773. The number of aromatic nitrogens is 2. The van der Waals surface area contributed by atoms with E-state index in [4.69, 9.17) is 0 Å². The number of nitrogens with zero attached hydrogens (tertiary/aromatic N) is 2. The summed E-state index contributed by atoms with van der Waals surface area (Å²) in [5, 5.41) is 12.7. The molecule has 1 aliphatic carbocycles. The highest BCUT2D eigenvalue weighted by atomic mass is 35.5. The average molecular weight is 344 g/mol. The van der Waals surface area contributed by atoms with E-state index in [1.165, 1.54) is 19.3 Å². The Balaban J connectivity index is 0.00000264. The second-order valence-electron chi connectivity index (χ2n) is 5.79. The number of carbonyl (C=O) groups is 2. The molecule has 1 unspecified atom stereocenters. The summed E-state index contributed by atoms with van der Waals surface area (Å²) in [5.74, 6) is -0.351. The largest absolute Gasteiger partial charge is 0.352 e. The van der Waals surface area contributed by atoms with Crippen LogP contribution >= 0.6 is 12.4 Å². The SMILES string of the molecule is CNC(C(=O)NCC(=O)NC1CCCCC1)c1cnn(C)c1.Cl. The lowest BCUT2D eigenvalue weighted by Gasteiger charge is -2.23. The van der Waals surface area contributed by atoms with Crippen LogP contribution in [0.25, 0.3) is 0 Å². The van der Waals surface area contributed by atoms with E-state index in [2.05, 4.69) is 21.0 Å². The lowest BCUT2D eigenvalue weighted by Crippen LogP contribution is -2.45. The second kappa shape index (κ2) is 9.52. The molecule has 0 radical (unpaired) electrons. The van der Waals surface area contributed by atoms with Crippen molar-refractivity contribution < 1.29 is 9.59 Å². The maximum absolute atomic E-state index is 12.2. The summed E-state index contributed by atoms with van der Waals surface area (Å²) in [6.45, 7) is 0.00771. The predicted octanol–water partition coefficient (Wildman–Crippen LogP) is 0.668. The van der Waals surface area contributed by atoms with Gasteiger partial charge in [-0.2, -0.15) is 5.10 Å². The van der Waals surface area contributed by atoms with Crippen LogP contribution in [0, 0.1) is 0 Å². The summed E-state index contributed by atoms with van der Waals surface area (Å²) < 4.78 is 1.64. The lowest BCUT2D eigenvalue weighted by atomic mass is 9.95. The lowest BCUT2D eigenvalue weighted by molar-refractivity contribution is -0.127. The predicted molar refractivity (Wildman–Crippen MR) is 90.3 cm³/mol. The summed E-state index contributed by atoms with van der Waals surface area (Å²) in [4.78, 5) is 24.1. The smallest absolute Gasteiger partial charge is 0.242 e. The van der Waals surface area contributed by atoms with Gasteiger partial charge in [0.2, 0.25) is 11.8 Å². The van der Waals surface area contributed by atoms with Gasteiger partial charge in [-0.25, -0.2) is 0 Å². The zero-order valence-corrected chi connectivity index (χ0v) is 14.5. The van der Waals surface area contributed by atoms with E-state index in [0.29, 0.717) is 0 Å². The molecule has 1 heterocycles. The van der Waals surface area contributed by atoms with Crippen LogP contribution in [-0.2, 0) is 16.6 Å². The number of likely N-dealkylation sites (N-methyl/N-ethyl adjacent to an activating group) is 1. The minimum atomic E-state index is -0.504. The van der Waals surface area contributed by atoms with Gasteiger partial charge >= 0.3 is 0 Å². The van der Waals surface area contributed by atoms with E-state index >= 15 is 0 Å². The number of aryl methyl sites for hydroxylation is 1. The molecular weight excluding hydrogens is 318 g/mol. The van der Waals surface area contributed by atoms with E-state index in [1.807, 2.05) is 0 Å². The quantitative estimate of drug-likeness (QED) is 0.708. The molecule has 23 heavy (non-hydrogen) atoms. The second-order valence-corrected chi connectivity index (χ2v) is 5.79. The third-order valence-corrected chi connectivity index (χ3v) is 4.00. The molecular formula is C15H26ClN5O2. The van der Waals surface area contributed by atoms with Crippen molar-refractivity contribution in [2.24, 2.45) is 7.05 Å². The van der Waals surface area contributed by atoms with Crippen molar-refractivity contribution in [2.45, 2.75) is 44.2 Å². The summed E-state index contributed by atoms with van der Waals surface area (Å²) >= 11 is 0. The molecule has 0 spiro atoms. The molecule has 2 rings (SSSR count). The molecule has 7 nitrogen and oxygen atoms in total. The van der Waals surface area contributed by atoms with Gasteiger partial charge in [0.25, 0.3) is 0 Å². The maximum atomic E-state index is 12.2. The van der Waals surface area contributed by atoms with Crippen molar-refractivity contribution in [2.75, 3.05) is 13.6 Å². The normalized spacial score (nSPS) is 16.3. The van der Waals surface area contributed by atoms with Gasteiger partial charge in [0.1, 0.15) is 6.04 Å². The van der Waals surface area contributed by atoms with Crippen molar-refractivity contribution in [3.8, 4) is 0 Å². The van der Waals surface area contributed by atoms with Gasteiger partial charge in [0, 0.05) is 24.8 Å². The highest BCUT2D eigenvalue weighted by Gasteiger charge is 2.21. The van der Waals surface area contributed by atoms with E-state index < -0.39 is 6.04 Å². The molecule has 1 saturated carbocycles. The zero-order chi connectivity index (χ0) is 15.9. The van der Waals surface area contributed by atoms with E-state index in [0.717, 1.165) is 18.4 Å². The summed E-state index contributed by atoms with van der Waals surface area (Å²) in [6.07, 6.45) is 9.08. The van der Waals surface area contributed by atoms with Crippen LogP contribution in [0.3, 0.4) is 0 Å². The highest BCUT2D eigenvalue weighted by Crippen LogP contribution is 2.17. The molecule has 1 atom stereocenters. The van der Waals surface area contributed by atoms with Gasteiger partial charge in [-0.05, 0) is 19.9 Å². The molecule has 8 heteroatoms. The van der Waals surface area contributed by atoms with Crippen LogP contribution in [0.5, 0.6) is 0 Å². The first-order chi connectivity index (χ1) is 10.6. The Morgan fingerprint density at radius 2 is 2.04 bits per heavy atom. The fourth-order valence-electron chi connectivity index (χ4n) is 2.83. The first-order valence-electron chi connectivity index (χ1n) is 7.83. The molecule has 1 aromatic heterocycles. The topological polar surface area (TPSA) is 88.1 Å². The number of amides is 2. The Morgan fingerprint density at radius 1 is 1.35 bits per heavy atom. The number of carbonyl (C=O) groups excluding carboxylic acids is 2. The summed E-state index contributed by atoms with van der Waals surface area (Å²) in [6, 6.07) is -0.243. The zero-order valence-electron chi connectivity index (χ0n) is 13.7. The number of hydrogen-bond donors (Lipinski definition) is 3. The molecule has 130 valence electrons. The van der Waals surface area contributed by atoms with Crippen LogP contribution in [-0.4, -0.2) is 41.2 Å². The maximum Gasteiger partial charge on any atom is 0.242 e. The number of hydrogen-bond acceptors (Lipinski definition) is 4. The fraction of sp³-hybridized carbons (Fsp3) is 0.667. The first-order valence-corrected chi connectivity index (χ1v) is 7.83. The molecule has 0 aliphatic heterocycles. The monoisotopic (exact) mass is 343 g/mol. The van der Waals surface area contributed by atoms with Gasteiger partial charge in [0.15, 0.2) is 0 Å². The molecule has 1 aromatic rings. The third kappa shape index (κ3) is 5.84. The Morgan fingerprint density at radius 3 is 2.61 bits per heavy atom. The van der Waals surface area contributed by atoms with Gasteiger partial charge in [-0.15, -0.1) is 12.4 Å². The van der Waals surface area contributed by atoms with Crippen molar-refractivity contribution in [1.29, 1.82) is 0 Å².